The van der Waals surface area contributed by atoms with Crippen LogP contribution in [0, 0.1) is 0 Å². The summed E-state index contributed by atoms with van der Waals surface area (Å²) in [5.74, 6) is 0.0693. The fourth-order valence-corrected chi connectivity index (χ4v) is 2.90. The first-order valence-electron chi connectivity index (χ1n) is 7.60. The van der Waals surface area contributed by atoms with Crippen LogP contribution in [-0.2, 0) is 4.79 Å². The third-order valence-electron chi connectivity index (χ3n) is 3.80. The standard InChI is InChI=1S/C16H15Cl2N5O2/c17-11-1-2-13(12(18)9-11)20-16-19-4-3-14(21-16)15(25)23-7-5-22(10-24)6-8-23/h1-4,9-10H,5-8H2,(H,19,20,21). The van der Waals surface area contributed by atoms with Gasteiger partial charge in [-0.25, -0.2) is 9.97 Å². The molecule has 1 aliphatic heterocycles. The molecular formula is C16H15Cl2N5O2. The van der Waals surface area contributed by atoms with Gasteiger partial charge in [0.25, 0.3) is 5.91 Å². The molecule has 0 unspecified atom stereocenters. The third kappa shape index (κ3) is 4.18. The van der Waals surface area contributed by atoms with Crippen molar-refractivity contribution < 1.29 is 9.59 Å². The second kappa shape index (κ2) is 7.67. The highest BCUT2D eigenvalue weighted by Gasteiger charge is 2.22. The van der Waals surface area contributed by atoms with Crippen molar-refractivity contribution in [2.24, 2.45) is 0 Å². The fourth-order valence-electron chi connectivity index (χ4n) is 2.44. The molecule has 1 aromatic carbocycles. The summed E-state index contributed by atoms with van der Waals surface area (Å²) in [6, 6.07) is 6.56. The van der Waals surface area contributed by atoms with Crippen LogP contribution in [0.2, 0.25) is 10.0 Å². The zero-order valence-corrected chi connectivity index (χ0v) is 14.7. The second-order valence-corrected chi connectivity index (χ2v) is 6.29. The third-order valence-corrected chi connectivity index (χ3v) is 4.35. The van der Waals surface area contributed by atoms with Gasteiger partial charge in [-0.2, -0.15) is 0 Å². The van der Waals surface area contributed by atoms with E-state index in [1.165, 1.54) is 6.20 Å². The van der Waals surface area contributed by atoms with Gasteiger partial charge in [0.2, 0.25) is 12.4 Å². The van der Waals surface area contributed by atoms with Crippen molar-refractivity contribution in [2.75, 3.05) is 31.5 Å². The molecular weight excluding hydrogens is 365 g/mol. The number of aromatic nitrogens is 2. The van der Waals surface area contributed by atoms with E-state index < -0.39 is 0 Å². The summed E-state index contributed by atoms with van der Waals surface area (Å²) in [5.41, 5.74) is 0.873. The van der Waals surface area contributed by atoms with E-state index in [0.717, 1.165) is 6.41 Å². The lowest BCUT2D eigenvalue weighted by molar-refractivity contribution is -0.119. The molecule has 0 saturated carbocycles. The highest BCUT2D eigenvalue weighted by Crippen LogP contribution is 2.27. The van der Waals surface area contributed by atoms with Gasteiger partial charge in [0.05, 0.1) is 10.7 Å². The number of hydrogen-bond acceptors (Lipinski definition) is 5. The van der Waals surface area contributed by atoms with Gasteiger partial charge in [0, 0.05) is 37.4 Å². The lowest BCUT2D eigenvalue weighted by Gasteiger charge is -2.32. The summed E-state index contributed by atoms with van der Waals surface area (Å²) in [6.45, 7) is 2.00. The Kier molecular flexibility index (Phi) is 5.35. The molecule has 0 aliphatic carbocycles. The number of carbonyl (C=O) groups is 2. The SMILES string of the molecule is O=CN1CCN(C(=O)c2ccnc(Nc3ccc(Cl)cc3Cl)n2)CC1. The topological polar surface area (TPSA) is 78.4 Å². The van der Waals surface area contributed by atoms with Crippen LogP contribution >= 0.6 is 23.2 Å². The van der Waals surface area contributed by atoms with E-state index in [-0.39, 0.29) is 17.5 Å². The average molecular weight is 380 g/mol. The van der Waals surface area contributed by atoms with Gasteiger partial charge >= 0.3 is 0 Å². The molecule has 1 fully saturated rings. The molecule has 3 rings (SSSR count). The van der Waals surface area contributed by atoms with Crippen molar-refractivity contribution in [2.45, 2.75) is 0 Å². The molecule has 2 aromatic rings. The maximum atomic E-state index is 12.6. The quantitative estimate of drug-likeness (QED) is 0.825. The van der Waals surface area contributed by atoms with E-state index >= 15 is 0 Å². The molecule has 1 aromatic heterocycles. The zero-order valence-electron chi connectivity index (χ0n) is 13.2. The Labute approximate surface area is 154 Å². The van der Waals surface area contributed by atoms with E-state index in [1.54, 1.807) is 34.1 Å². The molecule has 0 spiro atoms. The van der Waals surface area contributed by atoms with Gasteiger partial charge in [-0.3, -0.25) is 9.59 Å². The normalized spacial score (nSPS) is 14.3. The largest absolute Gasteiger partial charge is 0.342 e. The first-order valence-corrected chi connectivity index (χ1v) is 8.36. The molecule has 9 heteroatoms. The molecule has 0 radical (unpaired) electrons. The van der Waals surface area contributed by atoms with Crippen LogP contribution in [0.3, 0.4) is 0 Å². The molecule has 25 heavy (non-hydrogen) atoms. The Balaban J connectivity index is 1.73. The highest BCUT2D eigenvalue weighted by atomic mass is 35.5. The molecule has 2 heterocycles. The molecule has 1 saturated heterocycles. The summed E-state index contributed by atoms with van der Waals surface area (Å²) < 4.78 is 0. The van der Waals surface area contributed by atoms with Crippen LogP contribution in [0.25, 0.3) is 0 Å². The number of piperazine rings is 1. The second-order valence-electron chi connectivity index (χ2n) is 5.45. The van der Waals surface area contributed by atoms with Gasteiger partial charge in [-0.1, -0.05) is 23.2 Å². The van der Waals surface area contributed by atoms with Gasteiger partial charge < -0.3 is 15.1 Å². The van der Waals surface area contributed by atoms with E-state index in [1.807, 2.05) is 0 Å². The summed E-state index contributed by atoms with van der Waals surface area (Å²) in [5, 5.41) is 3.93. The monoisotopic (exact) mass is 379 g/mol. The number of anilines is 2. The minimum atomic E-state index is -0.196. The number of nitrogens with one attached hydrogen (secondary N) is 1. The number of nitrogens with zero attached hydrogens (tertiary/aromatic N) is 4. The van der Waals surface area contributed by atoms with E-state index in [2.05, 4.69) is 15.3 Å². The highest BCUT2D eigenvalue weighted by molar-refractivity contribution is 6.36. The lowest BCUT2D eigenvalue weighted by Crippen LogP contribution is -2.48. The predicted molar refractivity (Wildman–Crippen MR) is 95.3 cm³/mol. The van der Waals surface area contributed by atoms with Crippen molar-refractivity contribution in [1.82, 2.24) is 19.8 Å². The number of hydrogen-bond donors (Lipinski definition) is 1. The molecule has 2 amide bonds. The fraction of sp³-hybridized carbons (Fsp3) is 0.250. The van der Waals surface area contributed by atoms with Gasteiger partial charge in [0.1, 0.15) is 5.69 Å². The minimum Gasteiger partial charge on any atom is -0.342 e. The summed E-state index contributed by atoms with van der Waals surface area (Å²) >= 11 is 12.0. The summed E-state index contributed by atoms with van der Waals surface area (Å²) in [7, 11) is 0. The molecule has 1 aliphatic rings. The van der Waals surface area contributed by atoms with Crippen LogP contribution < -0.4 is 5.32 Å². The molecule has 7 nitrogen and oxygen atoms in total. The Hall–Kier alpha value is -2.38. The van der Waals surface area contributed by atoms with E-state index in [9.17, 15) is 9.59 Å². The minimum absolute atomic E-state index is 0.196. The smallest absolute Gasteiger partial charge is 0.272 e. The number of benzene rings is 1. The Morgan fingerprint density at radius 2 is 1.92 bits per heavy atom. The maximum Gasteiger partial charge on any atom is 0.272 e. The summed E-state index contributed by atoms with van der Waals surface area (Å²) in [6.07, 6.45) is 2.30. The van der Waals surface area contributed by atoms with Crippen LogP contribution in [0.4, 0.5) is 11.6 Å². The number of rotatable bonds is 4. The molecule has 1 N–H and O–H groups in total. The Bertz CT molecular complexity index is 794. The predicted octanol–water partition coefficient (Wildman–Crippen LogP) is 2.44. The first-order chi connectivity index (χ1) is 12.1. The van der Waals surface area contributed by atoms with E-state index in [0.29, 0.717) is 41.9 Å². The van der Waals surface area contributed by atoms with Crippen molar-refractivity contribution in [3.05, 3.63) is 46.2 Å². The van der Waals surface area contributed by atoms with Crippen molar-refractivity contribution in [3.8, 4) is 0 Å². The van der Waals surface area contributed by atoms with Crippen molar-refractivity contribution in [3.63, 3.8) is 0 Å². The van der Waals surface area contributed by atoms with Crippen molar-refractivity contribution in [1.29, 1.82) is 0 Å². The van der Waals surface area contributed by atoms with E-state index in [4.69, 9.17) is 23.2 Å². The average Bonchev–Trinajstić information content (AvgIpc) is 2.64. The first kappa shape index (κ1) is 17.4. The van der Waals surface area contributed by atoms with Gasteiger partial charge in [-0.15, -0.1) is 0 Å². The van der Waals surface area contributed by atoms with Crippen LogP contribution in [-0.4, -0.2) is 58.3 Å². The molecule has 0 bridgehead atoms. The van der Waals surface area contributed by atoms with Crippen LogP contribution in [0.1, 0.15) is 10.5 Å². The zero-order chi connectivity index (χ0) is 17.8. The lowest BCUT2D eigenvalue weighted by atomic mass is 10.3. The van der Waals surface area contributed by atoms with Crippen molar-refractivity contribution >= 4 is 47.2 Å². The van der Waals surface area contributed by atoms with Gasteiger partial charge in [-0.05, 0) is 24.3 Å². The Morgan fingerprint density at radius 1 is 1.16 bits per heavy atom. The van der Waals surface area contributed by atoms with Crippen LogP contribution in [0.5, 0.6) is 0 Å². The maximum absolute atomic E-state index is 12.6. The van der Waals surface area contributed by atoms with Crippen LogP contribution in [0.15, 0.2) is 30.5 Å². The van der Waals surface area contributed by atoms with Gasteiger partial charge in [0.15, 0.2) is 0 Å². The number of amides is 2. The molecule has 130 valence electrons. The number of carbonyl (C=O) groups excluding carboxylic acids is 2. The Morgan fingerprint density at radius 3 is 2.60 bits per heavy atom. The summed E-state index contributed by atoms with van der Waals surface area (Å²) in [4.78, 5) is 35.0. The molecule has 0 atom stereocenters. The number of halogens is 2.